The van der Waals surface area contributed by atoms with Crippen LogP contribution in [0, 0.1) is 17.8 Å². The van der Waals surface area contributed by atoms with Gasteiger partial charge in [-0.25, -0.2) is 13.1 Å². The molecule has 17 heteroatoms. The number of hydrogen-bond acceptors (Lipinski definition) is 9. The third-order valence-electron chi connectivity index (χ3n) is 9.18. The number of hydrogen-bond donors (Lipinski definition) is 3. The van der Waals surface area contributed by atoms with Crippen molar-refractivity contribution >= 4 is 39.3 Å². The molecule has 1 aliphatic rings. The first kappa shape index (κ1) is 41.9. The molecule has 1 aromatic rings. The highest BCUT2D eigenvalue weighted by Crippen LogP contribution is 2.30. The molecule has 0 radical (unpaired) electrons. The molecule has 0 unspecified atom stereocenters. The quantitative estimate of drug-likeness (QED) is 0.232. The van der Waals surface area contributed by atoms with Gasteiger partial charge in [0, 0.05) is 33.5 Å². The summed E-state index contributed by atoms with van der Waals surface area (Å²) in [6, 6.07) is 2.04. The third-order valence-corrected chi connectivity index (χ3v) is 10.5. The van der Waals surface area contributed by atoms with Crippen LogP contribution >= 0.6 is 0 Å². The summed E-state index contributed by atoms with van der Waals surface area (Å²) < 4.78 is 77.0. The van der Waals surface area contributed by atoms with Crippen molar-refractivity contribution < 1.29 is 50.2 Å². The minimum Gasteiger partial charge on any atom is -0.379 e. The monoisotopic (exact) mass is 721 g/mol. The van der Waals surface area contributed by atoms with E-state index in [-0.39, 0.29) is 35.8 Å². The van der Waals surface area contributed by atoms with E-state index in [1.165, 1.54) is 21.1 Å². The number of ether oxygens (including phenoxy) is 2. The van der Waals surface area contributed by atoms with Crippen LogP contribution < -0.4 is 15.8 Å². The second-order valence-electron chi connectivity index (χ2n) is 12.8. The molecule has 1 heterocycles. The predicted molar refractivity (Wildman–Crippen MR) is 175 cm³/mol. The number of nitrogens with one attached hydrogen (secondary N) is 2. The number of nitrogens with zero attached hydrogens (tertiary/aromatic N) is 2. The van der Waals surface area contributed by atoms with E-state index in [0.29, 0.717) is 25.8 Å². The smallest absolute Gasteiger partial charge is 0.379 e. The summed E-state index contributed by atoms with van der Waals surface area (Å²) in [4.78, 5) is 54.2. The van der Waals surface area contributed by atoms with Crippen molar-refractivity contribution in [1.29, 1.82) is 0 Å². The van der Waals surface area contributed by atoms with Crippen molar-refractivity contribution in [2.45, 2.75) is 102 Å². The molecule has 278 valence electrons. The zero-order valence-corrected chi connectivity index (χ0v) is 30.1. The van der Waals surface area contributed by atoms with Crippen LogP contribution in [0.25, 0.3) is 0 Å². The first-order valence-corrected chi connectivity index (χ1v) is 17.6. The highest BCUT2D eigenvalue weighted by molar-refractivity contribution is 7.90. The molecule has 0 bridgehead atoms. The summed E-state index contributed by atoms with van der Waals surface area (Å²) in [7, 11) is 0.0238. The van der Waals surface area contributed by atoms with Gasteiger partial charge in [-0.1, -0.05) is 41.0 Å². The van der Waals surface area contributed by atoms with Crippen LogP contribution in [0.3, 0.4) is 0 Å². The van der Waals surface area contributed by atoms with E-state index in [1.807, 2.05) is 32.4 Å². The zero-order valence-electron chi connectivity index (χ0n) is 29.2. The maximum absolute atomic E-state index is 13.8. The molecule has 1 aliphatic heterocycles. The second kappa shape index (κ2) is 17.6. The number of likely N-dealkylation sites (N-methyl/N-ethyl adjacent to an activating group) is 1. The lowest BCUT2D eigenvalue weighted by molar-refractivity contribution is -0.167. The average Bonchev–Trinajstić information content (AvgIpc) is 3.52. The average molecular weight is 722 g/mol. The van der Waals surface area contributed by atoms with Crippen molar-refractivity contribution in [2.24, 2.45) is 23.5 Å². The van der Waals surface area contributed by atoms with Crippen LogP contribution in [0.5, 0.6) is 0 Å². The Hall–Kier alpha value is -3.28. The fraction of sp³-hybridized carbons (Fsp3) is 0.688. The number of methoxy groups -OCH3 is 2. The van der Waals surface area contributed by atoms with Gasteiger partial charge in [0.15, 0.2) is 0 Å². The van der Waals surface area contributed by atoms with Crippen LogP contribution in [-0.2, 0) is 38.7 Å². The van der Waals surface area contributed by atoms with Crippen molar-refractivity contribution in [3.8, 4) is 0 Å². The highest BCUT2D eigenvalue weighted by atomic mass is 32.2. The van der Waals surface area contributed by atoms with Gasteiger partial charge in [-0.3, -0.25) is 19.2 Å². The molecule has 49 heavy (non-hydrogen) atoms. The van der Waals surface area contributed by atoms with E-state index in [1.54, 1.807) is 22.2 Å². The number of nitrogens with two attached hydrogens (primary N) is 1. The van der Waals surface area contributed by atoms with Crippen molar-refractivity contribution in [1.82, 2.24) is 14.5 Å². The maximum Gasteiger partial charge on any atom is 0.471 e. The van der Waals surface area contributed by atoms with Crippen LogP contribution in [0.4, 0.5) is 18.9 Å². The van der Waals surface area contributed by atoms with Gasteiger partial charge in [0.2, 0.25) is 17.7 Å². The summed E-state index contributed by atoms with van der Waals surface area (Å²) in [6.45, 7) is 9.49. The molecule has 4 N–H and O–H groups in total. The fourth-order valence-corrected chi connectivity index (χ4v) is 7.09. The van der Waals surface area contributed by atoms with Crippen molar-refractivity contribution in [2.75, 3.05) is 33.1 Å². The minimum absolute atomic E-state index is 0.0346. The number of carbonyl (C=O) groups excluding carboxylic acids is 4. The minimum atomic E-state index is -5.13. The molecule has 0 spiro atoms. The van der Waals surface area contributed by atoms with E-state index in [2.05, 4.69) is 0 Å². The maximum atomic E-state index is 13.8. The Balaban J connectivity index is 2.21. The summed E-state index contributed by atoms with van der Waals surface area (Å²) in [5, 5.41) is 1.61. The van der Waals surface area contributed by atoms with E-state index in [9.17, 15) is 40.8 Å². The van der Waals surface area contributed by atoms with Crippen LogP contribution in [0.2, 0.25) is 0 Å². The van der Waals surface area contributed by atoms with Crippen molar-refractivity contribution in [3.05, 3.63) is 24.3 Å². The first-order valence-electron chi connectivity index (χ1n) is 16.1. The normalized spacial score (nSPS) is 19.0. The lowest BCUT2D eigenvalue weighted by Gasteiger charge is -2.40. The van der Waals surface area contributed by atoms with Gasteiger partial charge in [-0.15, -0.1) is 0 Å². The molecule has 0 aliphatic carbocycles. The Morgan fingerprint density at radius 3 is 2.14 bits per heavy atom. The Bertz CT molecular complexity index is 1410. The van der Waals surface area contributed by atoms with Crippen LogP contribution in [0.1, 0.15) is 60.3 Å². The Morgan fingerprint density at radius 2 is 1.65 bits per heavy atom. The molecule has 7 atom stereocenters. The number of anilines is 1. The molecule has 2 rings (SSSR count). The number of likely N-dealkylation sites (tertiary alicyclic amines) is 1. The zero-order chi connectivity index (χ0) is 37.4. The third kappa shape index (κ3) is 10.6. The van der Waals surface area contributed by atoms with E-state index in [0.717, 1.165) is 24.3 Å². The lowest BCUT2D eigenvalue weighted by Crippen LogP contribution is -2.56. The lowest BCUT2D eigenvalue weighted by atomic mass is 9.89. The standard InChI is InChI=1S/C32H50F3N5O8S/c1-9-19(4)27(39(6)30(43)26(36)18(2)3)24(47-7)17-25(41)40-16-10-11-23(40)28(48-8)20(5)29(42)38-49(45,46)22-14-12-21(13-15-22)37-31(44)32(33,34)35/h12-15,18-20,23-24,26-28H,9-11,16-17,36H2,1-8H3,(H,37,44)(H,38,42)/t19-,20+,23-,24-,26-,27-,28+/m0/s1. The second-order valence-corrected chi connectivity index (χ2v) is 14.5. The van der Waals surface area contributed by atoms with Gasteiger partial charge in [0.05, 0.1) is 47.6 Å². The van der Waals surface area contributed by atoms with E-state index >= 15 is 0 Å². The number of halogens is 3. The summed E-state index contributed by atoms with van der Waals surface area (Å²) in [5.74, 6) is -4.87. The molecule has 0 saturated carbocycles. The number of sulfonamides is 1. The number of rotatable bonds is 16. The summed E-state index contributed by atoms with van der Waals surface area (Å²) in [5.41, 5.74) is 5.87. The first-order chi connectivity index (χ1) is 22.7. The van der Waals surface area contributed by atoms with Gasteiger partial charge in [0.1, 0.15) is 0 Å². The van der Waals surface area contributed by atoms with Gasteiger partial charge < -0.3 is 30.3 Å². The molecular formula is C32H50F3N5O8S. The number of carbonyl (C=O) groups is 4. The van der Waals surface area contributed by atoms with E-state index < -0.39 is 69.2 Å². The topological polar surface area (TPSA) is 177 Å². The highest BCUT2D eigenvalue weighted by Gasteiger charge is 2.43. The number of benzene rings is 1. The molecule has 13 nitrogen and oxygen atoms in total. The largest absolute Gasteiger partial charge is 0.471 e. The van der Waals surface area contributed by atoms with Crippen LogP contribution in [0.15, 0.2) is 29.2 Å². The fourth-order valence-electron chi connectivity index (χ4n) is 6.03. The molecular weight excluding hydrogens is 671 g/mol. The molecule has 1 fully saturated rings. The molecule has 4 amide bonds. The number of alkyl halides is 3. The van der Waals surface area contributed by atoms with Crippen molar-refractivity contribution in [3.63, 3.8) is 0 Å². The Labute approximate surface area is 286 Å². The van der Waals surface area contributed by atoms with Gasteiger partial charge >= 0.3 is 12.1 Å². The predicted octanol–water partition coefficient (Wildman–Crippen LogP) is 2.90. The SMILES string of the molecule is CC[C@H](C)[C@@H]([C@H](CC(=O)N1CCC[C@H]1[C@H](OC)[C@@H](C)C(=O)NS(=O)(=O)c1ccc(NC(=O)C(F)(F)F)cc1)OC)N(C)C(=O)[C@@H](N)C(C)C. The molecule has 0 aromatic heterocycles. The van der Waals surface area contributed by atoms with Gasteiger partial charge in [0.25, 0.3) is 10.0 Å². The summed E-state index contributed by atoms with van der Waals surface area (Å²) >= 11 is 0. The Kier molecular flexibility index (Phi) is 15.0. The van der Waals surface area contributed by atoms with Gasteiger partial charge in [-0.2, -0.15) is 13.2 Å². The Morgan fingerprint density at radius 1 is 1.06 bits per heavy atom. The number of amides is 4. The van der Waals surface area contributed by atoms with Crippen LogP contribution in [-0.4, -0.2) is 106 Å². The molecule has 1 aromatic carbocycles. The molecule has 1 saturated heterocycles. The summed E-state index contributed by atoms with van der Waals surface area (Å²) in [6.07, 6.45) is -4.98. The van der Waals surface area contributed by atoms with E-state index in [4.69, 9.17) is 15.2 Å². The van der Waals surface area contributed by atoms with Gasteiger partial charge in [-0.05, 0) is 48.9 Å².